The number of hydrogen-bond donors (Lipinski definition) is 0. The zero-order valence-corrected chi connectivity index (χ0v) is 9.71. The summed E-state index contributed by atoms with van der Waals surface area (Å²) in [7, 11) is 0. The van der Waals surface area contributed by atoms with E-state index in [2.05, 4.69) is 34.7 Å². The van der Waals surface area contributed by atoms with Gasteiger partial charge >= 0.3 is 0 Å². The maximum Gasteiger partial charge on any atom is 0.174 e. The smallest absolute Gasteiger partial charge is 0.174 e. The van der Waals surface area contributed by atoms with E-state index in [1.54, 1.807) is 0 Å². The van der Waals surface area contributed by atoms with Crippen molar-refractivity contribution in [2.45, 2.75) is 32.7 Å². The molecule has 0 N–H and O–H groups in total. The van der Waals surface area contributed by atoms with E-state index >= 15 is 0 Å². The predicted molar refractivity (Wildman–Crippen MR) is 61.1 cm³/mol. The van der Waals surface area contributed by atoms with E-state index < -0.39 is 0 Å². The van der Waals surface area contributed by atoms with E-state index in [4.69, 9.17) is 0 Å². The highest BCUT2D eigenvalue weighted by Gasteiger charge is 2.27. The van der Waals surface area contributed by atoms with Gasteiger partial charge in [-0.25, -0.2) is 0 Å². The molecule has 1 fully saturated rings. The van der Waals surface area contributed by atoms with Gasteiger partial charge in [0.1, 0.15) is 6.33 Å². The topological polar surface area (TPSA) is 30.7 Å². The first-order valence-corrected chi connectivity index (χ1v) is 6.04. The third-order valence-electron chi connectivity index (χ3n) is 2.90. The molecule has 0 aliphatic heterocycles. The highest BCUT2D eigenvalue weighted by Crippen LogP contribution is 2.39. The van der Waals surface area contributed by atoms with Crippen LogP contribution >= 0.6 is 11.3 Å². The highest BCUT2D eigenvalue weighted by atomic mass is 32.1. The minimum atomic E-state index is 0.651. The van der Waals surface area contributed by atoms with Gasteiger partial charge in [0.2, 0.25) is 0 Å². The van der Waals surface area contributed by atoms with Crippen LogP contribution in [0.4, 0.5) is 0 Å². The molecule has 0 saturated heterocycles. The van der Waals surface area contributed by atoms with Gasteiger partial charge in [-0.15, -0.1) is 21.5 Å². The van der Waals surface area contributed by atoms with Crippen LogP contribution in [0.5, 0.6) is 0 Å². The van der Waals surface area contributed by atoms with Crippen LogP contribution in [0.2, 0.25) is 0 Å². The average molecular weight is 219 g/mol. The minimum absolute atomic E-state index is 0.651. The fourth-order valence-corrected chi connectivity index (χ4v) is 2.75. The Hall–Kier alpha value is -1.16. The molecule has 15 heavy (non-hydrogen) atoms. The van der Waals surface area contributed by atoms with Crippen molar-refractivity contribution in [2.75, 3.05) is 0 Å². The van der Waals surface area contributed by atoms with Crippen molar-refractivity contribution in [3.8, 4) is 10.7 Å². The molecule has 2 heterocycles. The van der Waals surface area contributed by atoms with Crippen LogP contribution in [0, 0.1) is 13.8 Å². The third-order valence-corrected chi connectivity index (χ3v) is 4.05. The number of thiophene rings is 1. The Morgan fingerprint density at radius 2 is 2.20 bits per heavy atom. The Balaban J connectivity index is 2.07. The van der Waals surface area contributed by atoms with E-state index in [0.717, 1.165) is 5.82 Å². The molecule has 0 bridgehead atoms. The van der Waals surface area contributed by atoms with Crippen molar-refractivity contribution in [3.05, 3.63) is 22.8 Å². The van der Waals surface area contributed by atoms with Crippen LogP contribution in [0.15, 0.2) is 12.4 Å². The molecule has 3 nitrogen and oxygen atoms in total. The fourth-order valence-electron chi connectivity index (χ4n) is 1.72. The van der Waals surface area contributed by atoms with Gasteiger partial charge in [0.15, 0.2) is 5.82 Å². The zero-order valence-electron chi connectivity index (χ0n) is 8.90. The summed E-state index contributed by atoms with van der Waals surface area (Å²) in [6.45, 7) is 4.30. The first-order chi connectivity index (χ1) is 7.25. The fraction of sp³-hybridized carbons (Fsp3) is 0.455. The van der Waals surface area contributed by atoms with Gasteiger partial charge in [0, 0.05) is 10.9 Å². The Labute approximate surface area is 92.8 Å². The molecule has 2 aromatic heterocycles. The number of rotatable bonds is 2. The zero-order chi connectivity index (χ0) is 10.4. The van der Waals surface area contributed by atoms with Crippen LogP contribution < -0.4 is 0 Å². The molecular weight excluding hydrogens is 206 g/mol. The molecule has 0 spiro atoms. The lowest BCUT2D eigenvalue weighted by atomic mass is 10.3. The maximum atomic E-state index is 4.23. The van der Waals surface area contributed by atoms with E-state index in [9.17, 15) is 0 Å². The predicted octanol–water partition coefficient (Wildman–Crippen LogP) is 2.96. The van der Waals surface area contributed by atoms with E-state index in [-0.39, 0.29) is 0 Å². The number of hydrogen-bond acceptors (Lipinski definition) is 3. The molecule has 0 atom stereocenters. The van der Waals surface area contributed by atoms with Gasteiger partial charge in [0.05, 0.1) is 4.88 Å². The Bertz CT molecular complexity index is 474. The van der Waals surface area contributed by atoms with Gasteiger partial charge < -0.3 is 4.57 Å². The van der Waals surface area contributed by atoms with Crippen molar-refractivity contribution in [3.63, 3.8) is 0 Å². The molecule has 1 saturated carbocycles. The van der Waals surface area contributed by atoms with Crippen LogP contribution in [-0.2, 0) is 0 Å². The monoisotopic (exact) mass is 219 g/mol. The van der Waals surface area contributed by atoms with Gasteiger partial charge in [-0.05, 0) is 38.3 Å². The summed E-state index contributed by atoms with van der Waals surface area (Å²) in [5.41, 5.74) is 1.35. The Morgan fingerprint density at radius 3 is 2.80 bits per heavy atom. The average Bonchev–Trinajstić information content (AvgIpc) is 2.85. The molecule has 0 amide bonds. The normalized spacial score (nSPS) is 15.9. The number of aromatic nitrogens is 3. The van der Waals surface area contributed by atoms with Crippen molar-refractivity contribution < 1.29 is 0 Å². The third kappa shape index (κ3) is 1.49. The van der Waals surface area contributed by atoms with Crippen LogP contribution in [0.25, 0.3) is 10.7 Å². The Morgan fingerprint density at radius 1 is 1.40 bits per heavy atom. The molecule has 2 aromatic rings. The SMILES string of the molecule is Cc1cc(-c2nncn2C2CC2)sc1C. The summed E-state index contributed by atoms with van der Waals surface area (Å²) < 4.78 is 2.21. The lowest BCUT2D eigenvalue weighted by Crippen LogP contribution is -1.93. The molecular formula is C11H13N3S. The Kier molecular flexibility index (Phi) is 1.92. The second-order valence-corrected chi connectivity index (χ2v) is 5.40. The quantitative estimate of drug-likeness (QED) is 0.777. The van der Waals surface area contributed by atoms with Crippen LogP contribution in [0.1, 0.15) is 29.3 Å². The molecule has 78 valence electrons. The number of nitrogens with zero attached hydrogens (tertiary/aromatic N) is 3. The largest absolute Gasteiger partial charge is 0.310 e. The van der Waals surface area contributed by atoms with Crippen molar-refractivity contribution in [1.29, 1.82) is 0 Å². The maximum absolute atomic E-state index is 4.23. The standard InChI is InChI=1S/C11H13N3S/c1-7-5-10(15-8(7)2)11-13-12-6-14(11)9-3-4-9/h5-6,9H,3-4H2,1-2H3. The second-order valence-electron chi connectivity index (χ2n) is 4.14. The second kappa shape index (κ2) is 3.17. The summed E-state index contributed by atoms with van der Waals surface area (Å²) in [5.74, 6) is 1.04. The molecule has 4 heteroatoms. The lowest BCUT2D eigenvalue weighted by molar-refractivity contribution is 0.747. The van der Waals surface area contributed by atoms with Crippen molar-refractivity contribution in [1.82, 2.24) is 14.8 Å². The molecule has 1 aliphatic carbocycles. The summed E-state index contributed by atoms with van der Waals surface area (Å²) in [6.07, 6.45) is 4.40. The van der Waals surface area contributed by atoms with Crippen molar-refractivity contribution in [2.24, 2.45) is 0 Å². The molecule has 0 radical (unpaired) electrons. The first kappa shape index (κ1) is 9.09. The van der Waals surface area contributed by atoms with Crippen LogP contribution in [-0.4, -0.2) is 14.8 Å². The molecule has 0 aromatic carbocycles. The van der Waals surface area contributed by atoms with Crippen molar-refractivity contribution >= 4 is 11.3 Å². The summed E-state index contributed by atoms with van der Waals surface area (Å²) in [6, 6.07) is 2.86. The van der Waals surface area contributed by atoms with E-state index in [1.165, 1.54) is 28.2 Å². The minimum Gasteiger partial charge on any atom is -0.310 e. The lowest BCUT2D eigenvalue weighted by Gasteiger charge is -2.00. The molecule has 3 rings (SSSR count). The van der Waals surface area contributed by atoms with Crippen LogP contribution in [0.3, 0.4) is 0 Å². The summed E-state index contributed by atoms with van der Waals surface area (Å²) >= 11 is 1.81. The van der Waals surface area contributed by atoms with Gasteiger partial charge in [-0.3, -0.25) is 0 Å². The number of aryl methyl sites for hydroxylation is 2. The summed E-state index contributed by atoms with van der Waals surface area (Å²) in [4.78, 5) is 2.62. The van der Waals surface area contributed by atoms with Gasteiger partial charge in [-0.1, -0.05) is 0 Å². The summed E-state index contributed by atoms with van der Waals surface area (Å²) in [5, 5.41) is 8.24. The van der Waals surface area contributed by atoms with Gasteiger partial charge in [-0.2, -0.15) is 0 Å². The highest BCUT2D eigenvalue weighted by molar-refractivity contribution is 7.15. The molecule has 1 aliphatic rings. The van der Waals surface area contributed by atoms with E-state index in [1.807, 2.05) is 17.7 Å². The van der Waals surface area contributed by atoms with E-state index in [0.29, 0.717) is 6.04 Å². The van der Waals surface area contributed by atoms with Gasteiger partial charge in [0.25, 0.3) is 0 Å². The first-order valence-electron chi connectivity index (χ1n) is 5.22. The molecule has 0 unspecified atom stereocenters.